The molecule has 2 aromatic carbocycles. The fourth-order valence-corrected chi connectivity index (χ4v) is 8.31. The molecule has 0 saturated heterocycles. The number of imidazole rings is 2. The van der Waals surface area contributed by atoms with E-state index in [9.17, 15) is 18.9 Å². The van der Waals surface area contributed by atoms with Gasteiger partial charge in [-0.2, -0.15) is 15.1 Å². The Morgan fingerprint density at radius 3 is 2.06 bits per heavy atom. The molecule has 2 fully saturated rings. The number of hydrogen-bond acceptors (Lipinski definition) is 14. The van der Waals surface area contributed by atoms with Crippen molar-refractivity contribution in [2.24, 2.45) is 11.8 Å². The largest absolute Gasteiger partial charge is 0.468 e. The Morgan fingerprint density at radius 2 is 1.48 bits per heavy atom. The van der Waals surface area contributed by atoms with Gasteiger partial charge in [0.15, 0.2) is 22.3 Å². The van der Waals surface area contributed by atoms with Gasteiger partial charge in [0.1, 0.15) is 11.8 Å². The highest BCUT2D eigenvalue weighted by Crippen LogP contribution is 2.49. The second-order valence-corrected chi connectivity index (χ2v) is 15.1. The summed E-state index contributed by atoms with van der Waals surface area (Å²) in [4.78, 5) is 57.0. The van der Waals surface area contributed by atoms with Crippen molar-refractivity contribution >= 4 is 58.7 Å². The van der Waals surface area contributed by atoms with E-state index in [0.29, 0.717) is 41.3 Å². The van der Waals surface area contributed by atoms with Crippen LogP contribution in [0.1, 0.15) is 44.7 Å². The van der Waals surface area contributed by atoms with Crippen molar-refractivity contribution in [1.82, 2.24) is 44.1 Å². The molecule has 1 unspecified atom stereocenters. The van der Waals surface area contributed by atoms with Crippen LogP contribution in [0.2, 0.25) is 0 Å². The number of nitrogen functional groups attached to an aromatic ring is 2. The number of carbonyl (C=O) groups is 1. The maximum Gasteiger partial charge on any atom is 0.459 e. The number of nitrogens with two attached hydrogens (primary N) is 2. The van der Waals surface area contributed by atoms with E-state index in [-0.39, 0.29) is 54.2 Å². The first kappa shape index (κ1) is 36.7. The quantitative estimate of drug-likeness (QED) is 0.0818. The van der Waals surface area contributed by atoms with E-state index in [4.69, 9.17) is 30.4 Å². The molecule has 2 atom stereocenters. The summed E-state index contributed by atoms with van der Waals surface area (Å²) in [5.74, 6) is 0.301. The lowest BCUT2D eigenvalue weighted by molar-refractivity contribution is -0.142. The first-order valence-electron chi connectivity index (χ1n) is 17.3. The fraction of sp³-hybridized carbons (Fsp3) is 0.382. The van der Waals surface area contributed by atoms with Crippen molar-refractivity contribution in [3.05, 3.63) is 75.8 Å². The van der Waals surface area contributed by atoms with Crippen LogP contribution < -0.4 is 32.2 Å². The van der Waals surface area contributed by atoms with Crippen LogP contribution in [0.3, 0.4) is 0 Å². The highest BCUT2D eigenvalue weighted by molar-refractivity contribution is 7.52. The SMILES string of the molecule is COC(=O)[C@H](C)NP(=O)(OCC1CC(n2cnc3c(=O)[nH]c(N)nc32)C1)Oc1cccc2ccccc12.Nc1nc2c(ncn2C2CC(CO)C2)c(=O)[nH]1. The van der Waals surface area contributed by atoms with E-state index >= 15 is 0 Å². The summed E-state index contributed by atoms with van der Waals surface area (Å²) in [5.41, 5.74) is 12.0. The smallest absolute Gasteiger partial charge is 0.459 e. The summed E-state index contributed by atoms with van der Waals surface area (Å²) >= 11 is 0. The number of anilines is 2. The fourth-order valence-electron chi connectivity index (χ4n) is 6.73. The summed E-state index contributed by atoms with van der Waals surface area (Å²) in [6, 6.07) is 12.3. The molecule has 54 heavy (non-hydrogen) atoms. The number of methoxy groups -OCH3 is 1. The Labute approximate surface area is 306 Å². The van der Waals surface area contributed by atoms with Gasteiger partial charge in [-0.3, -0.25) is 28.9 Å². The minimum absolute atomic E-state index is 0.0239. The molecule has 0 spiro atoms. The van der Waals surface area contributed by atoms with Gasteiger partial charge in [-0.1, -0.05) is 36.4 Å². The molecular formula is C34H40N11O8P. The summed E-state index contributed by atoms with van der Waals surface area (Å²) in [7, 11) is -2.73. The normalized spacial score (nSPS) is 21.0. The number of fused-ring (bicyclic) bond motifs is 3. The molecule has 6 aromatic rings. The lowest BCUT2D eigenvalue weighted by Gasteiger charge is -2.36. The van der Waals surface area contributed by atoms with Crippen molar-refractivity contribution in [3.8, 4) is 5.75 Å². The zero-order chi connectivity index (χ0) is 38.1. The van der Waals surface area contributed by atoms with Gasteiger partial charge in [0.05, 0.1) is 26.4 Å². The van der Waals surface area contributed by atoms with E-state index < -0.39 is 25.3 Å². The predicted octanol–water partition coefficient (Wildman–Crippen LogP) is 2.81. The van der Waals surface area contributed by atoms with Crippen molar-refractivity contribution in [2.75, 3.05) is 31.8 Å². The molecule has 19 nitrogen and oxygen atoms in total. The molecule has 2 saturated carbocycles. The first-order chi connectivity index (χ1) is 25.9. The number of aromatic nitrogens is 8. The predicted molar refractivity (Wildman–Crippen MR) is 198 cm³/mol. The van der Waals surface area contributed by atoms with Crippen LogP contribution in [-0.4, -0.2) is 76.5 Å². The Hall–Kier alpha value is -5.62. The van der Waals surface area contributed by atoms with E-state index in [0.717, 1.165) is 23.6 Å². The number of esters is 1. The van der Waals surface area contributed by atoms with Gasteiger partial charge in [0, 0.05) is 24.1 Å². The Morgan fingerprint density at radius 1 is 0.926 bits per heavy atom. The number of H-pyrrole nitrogens is 2. The van der Waals surface area contributed by atoms with E-state index in [2.05, 4.69) is 35.0 Å². The molecular weight excluding hydrogens is 721 g/mol. The van der Waals surface area contributed by atoms with Gasteiger partial charge >= 0.3 is 13.7 Å². The maximum atomic E-state index is 13.8. The molecule has 2 aliphatic carbocycles. The number of aliphatic hydroxyl groups excluding tert-OH is 1. The summed E-state index contributed by atoms with van der Waals surface area (Å²) < 4.78 is 34.0. The number of rotatable bonds is 11. The van der Waals surface area contributed by atoms with Crippen LogP contribution in [0.25, 0.3) is 33.1 Å². The summed E-state index contributed by atoms with van der Waals surface area (Å²) in [5, 5.41) is 13.4. The highest BCUT2D eigenvalue weighted by Gasteiger charge is 2.38. The van der Waals surface area contributed by atoms with Gasteiger partial charge in [-0.15, -0.1) is 0 Å². The number of ether oxygens (including phenoxy) is 1. The molecule has 0 radical (unpaired) electrons. The zero-order valence-electron chi connectivity index (χ0n) is 29.4. The Kier molecular flexibility index (Phi) is 10.2. The standard InChI is InChI=1S/C24H27N6O6P.C10H13N5O2/c1-14(23(32)34-2)29-37(33,36-19-9-5-7-16-6-3-4-8-18(16)19)35-12-15-10-17(11-15)30-13-26-20-21(30)27-24(25)28-22(20)31;11-10-13-8-7(9(17)14-10)12-4-15(8)6-1-5(2-6)3-16/h3-9,13-15,17H,10-12H2,1-2H3,(H,29,33)(H3,25,27,28,31);4-6,16H,1-3H2,(H3,11,13,14,17)/t14-,15?,17?,37?;/m0./s1. The third-order valence-corrected chi connectivity index (χ3v) is 11.4. The van der Waals surface area contributed by atoms with Crippen LogP contribution >= 0.6 is 7.75 Å². The lowest BCUT2D eigenvalue weighted by Crippen LogP contribution is -2.36. The minimum atomic E-state index is -3.98. The topological polar surface area (TPSA) is 273 Å². The number of hydrogen-bond donors (Lipinski definition) is 6. The average Bonchev–Trinajstić information content (AvgIpc) is 3.72. The number of nitrogens with zero attached hydrogens (tertiary/aromatic N) is 6. The molecule has 0 bridgehead atoms. The van der Waals surface area contributed by atoms with Gasteiger partial charge < -0.3 is 35.0 Å². The minimum Gasteiger partial charge on any atom is -0.468 e. The molecule has 8 rings (SSSR count). The number of aliphatic hydroxyl groups is 1. The highest BCUT2D eigenvalue weighted by atomic mass is 31.2. The average molecular weight is 762 g/mol. The zero-order valence-corrected chi connectivity index (χ0v) is 30.3. The molecule has 20 heteroatoms. The van der Waals surface area contributed by atoms with Crippen LogP contribution in [0.5, 0.6) is 5.75 Å². The van der Waals surface area contributed by atoms with Gasteiger partial charge in [-0.25, -0.2) is 14.5 Å². The van der Waals surface area contributed by atoms with Crippen LogP contribution in [0, 0.1) is 11.8 Å². The second kappa shape index (κ2) is 15.0. The van der Waals surface area contributed by atoms with E-state index in [1.165, 1.54) is 14.0 Å². The molecule has 4 aromatic heterocycles. The van der Waals surface area contributed by atoms with Gasteiger partial charge in [-0.05, 0) is 55.9 Å². The molecule has 4 heterocycles. The first-order valence-corrected chi connectivity index (χ1v) is 18.8. The monoisotopic (exact) mass is 761 g/mol. The van der Waals surface area contributed by atoms with Crippen molar-refractivity contribution in [3.63, 3.8) is 0 Å². The van der Waals surface area contributed by atoms with Crippen molar-refractivity contribution in [1.29, 1.82) is 0 Å². The van der Waals surface area contributed by atoms with Gasteiger partial charge in [0.25, 0.3) is 11.1 Å². The summed E-state index contributed by atoms with van der Waals surface area (Å²) in [6.45, 7) is 1.86. The number of aromatic amines is 2. The second-order valence-electron chi connectivity index (χ2n) is 13.5. The van der Waals surface area contributed by atoms with Crippen molar-refractivity contribution in [2.45, 2.75) is 50.7 Å². The van der Waals surface area contributed by atoms with Crippen LogP contribution in [0.4, 0.5) is 11.9 Å². The molecule has 0 aliphatic heterocycles. The Bertz CT molecular complexity index is 2480. The lowest BCUT2D eigenvalue weighted by atomic mass is 9.81. The van der Waals surface area contributed by atoms with Crippen LogP contribution in [0.15, 0.2) is 64.7 Å². The van der Waals surface area contributed by atoms with Crippen molar-refractivity contribution < 1.29 is 28.3 Å². The molecule has 284 valence electrons. The van der Waals surface area contributed by atoms with Gasteiger partial charge in [0.2, 0.25) is 11.9 Å². The Balaban J connectivity index is 0.000000219. The maximum absolute atomic E-state index is 13.8. The third kappa shape index (κ3) is 7.43. The van der Waals surface area contributed by atoms with E-state index in [1.807, 2.05) is 39.5 Å². The molecule has 2 aliphatic rings. The number of carbonyl (C=O) groups excluding carboxylic acids is 1. The van der Waals surface area contributed by atoms with Crippen LogP contribution in [-0.2, 0) is 18.6 Å². The molecule has 8 N–H and O–H groups in total. The third-order valence-electron chi connectivity index (χ3n) is 9.72. The number of nitrogens with one attached hydrogen (secondary N) is 3. The van der Waals surface area contributed by atoms with E-state index in [1.54, 1.807) is 24.8 Å². The molecule has 0 amide bonds. The summed E-state index contributed by atoms with van der Waals surface area (Å²) in [6.07, 6.45) is 6.32. The number of benzene rings is 2.